The van der Waals surface area contributed by atoms with E-state index in [0.717, 1.165) is 0 Å². The summed E-state index contributed by atoms with van der Waals surface area (Å²) >= 11 is 0. The fourth-order valence-electron chi connectivity index (χ4n) is 4.18. The molecule has 2 amide bonds. The normalized spacial score (nSPS) is 31.7. The SMILES string of the molecule is Cc1cc(N2C[C@@]34C=C[C@@H](O3)[C@@H](C(=O)NCc3ccco3)[C@@H]4C2=O)no1. The molecular weight excluding hydrogens is 338 g/mol. The molecule has 0 aliphatic carbocycles. The number of anilines is 1. The van der Waals surface area contributed by atoms with Crippen LogP contribution in [0.3, 0.4) is 0 Å². The Bertz CT molecular complexity index is 902. The van der Waals surface area contributed by atoms with Crippen LogP contribution in [0.2, 0.25) is 0 Å². The van der Waals surface area contributed by atoms with E-state index in [2.05, 4.69) is 10.5 Å². The molecule has 0 unspecified atom stereocenters. The number of fused-ring (bicyclic) bond motifs is 1. The van der Waals surface area contributed by atoms with E-state index in [4.69, 9.17) is 13.7 Å². The molecule has 5 rings (SSSR count). The molecule has 2 saturated heterocycles. The molecule has 2 bridgehead atoms. The van der Waals surface area contributed by atoms with E-state index in [1.165, 1.54) is 0 Å². The van der Waals surface area contributed by atoms with Crippen LogP contribution in [0, 0.1) is 18.8 Å². The number of amides is 2. The van der Waals surface area contributed by atoms with Gasteiger partial charge in [0, 0.05) is 6.07 Å². The summed E-state index contributed by atoms with van der Waals surface area (Å²) in [5, 5.41) is 6.78. The zero-order valence-corrected chi connectivity index (χ0v) is 14.0. The second kappa shape index (κ2) is 5.31. The van der Waals surface area contributed by atoms with Gasteiger partial charge in [0.15, 0.2) is 5.82 Å². The fraction of sp³-hybridized carbons (Fsp3) is 0.389. The minimum absolute atomic E-state index is 0.164. The second-order valence-corrected chi connectivity index (χ2v) is 6.92. The smallest absolute Gasteiger partial charge is 0.235 e. The van der Waals surface area contributed by atoms with Gasteiger partial charge in [-0.3, -0.25) is 14.5 Å². The summed E-state index contributed by atoms with van der Waals surface area (Å²) in [6.07, 6.45) is 4.95. The van der Waals surface area contributed by atoms with Gasteiger partial charge in [0.2, 0.25) is 11.8 Å². The summed E-state index contributed by atoms with van der Waals surface area (Å²) in [6.45, 7) is 2.37. The van der Waals surface area contributed by atoms with E-state index in [-0.39, 0.29) is 24.5 Å². The molecule has 5 heterocycles. The van der Waals surface area contributed by atoms with Crippen molar-refractivity contribution in [3.05, 3.63) is 48.1 Å². The molecule has 2 aromatic heterocycles. The maximum absolute atomic E-state index is 13.1. The maximum Gasteiger partial charge on any atom is 0.235 e. The Morgan fingerprint density at radius 3 is 3.12 bits per heavy atom. The van der Waals surface area contributed by atoms with Gasteiger partial charge in [-0.05, 0) is 19.1 Å². The molecule has 8 nitrogen and oxygen atoms in total. The molecule has 0 aromatic carbocycles. The zero-order chi connectivity index (χ0) is 17.9. The van der Waals surface area contributed by atoms with Crippen molar-refractivity contribution >= 4 is 17.6 Å². The van der Waals surface area contributed by atoms with Crippen molar-refractivity contribution < 1.29 is 23.3 Å². The van der Waals surface area contributed by atoms with Crippen molar-refractivity contribution in [1.29, 1.82) is 0 Å². The summed E-state index contributed by atoms with van der Waals surface area (Å²) in [7, 11) is 0. The summed E-state index contributed by atoms with van der Waals surface area (Å²) in [4.78, 5) is 27.4. The first-order chi connectivity index (χ1) is 12.6. The maximum atomic E-state index is 13.1. The molecule has 1 spiro atoms. The topological polar surface area (TPSA) is 97.8 Å². The van der Waals surface area contributed by atoms with Crippen LogP contribution in [0.1, 0.15) is 11.5 Å². The number of carbonyl (C=O) groups excluding carboxylic acids is 2. The van der Waals surface area contributed by atoms with Crippen LogP contribution < -0.4 is 10.2 Å². The van der Waals surface area contributed by atoms with E-state index in [1.807, 2.05) is 12.2 Å². The van der Waals surface area contributed by atoms with Gasteiger partial charge in [0.05, 0.1) is 37.3 Å². The van der Waals surface area contributed by atoms with Gasteiger partial charge in [-0.2, -0.15) is 0 Å². The first kappa shape index (κ1) is 15.4. The van der Waals surface area contributed by atoms with Crippen LogP contribution in [0.5, 0.6) is 0 Å². The number of carbonyl (C=O) groups is 2. The van der Waals surface area contributed by atoms with Crippen molar-refractivity contribution in [2.24, 2.45) is 11.8 Å². The molecule has 0 saturated carbocycles. The van der Waals surface area contributed by atoms with Gasteiger partial charge in [-0.25, -0.2) is 0 Å². The lowest BCUT2D eigenvalue weighted by Gasteiger charge is -2.23. The number of nitrogens with one attached hydrogen (secondary N) is 1. The van der Waals surface area contributed by atoms with Gasteiger partial charge in [0.1, 0.15) is 17.1 Å². The van der Waals surface area contributed by atoms with Crippen LogP contribution in [-0.4, -0.2) is 35.2 Å². The zero-order valence-electron chi connectivity index (χ0n) is 14.0. The van der Waals surface area contributed by atoms with Crippen molar-refractivity contribution in [3.63, 3.8) is 0 Å². The highest BCUT2D eigenvalue weighted by Gasteiger charge is 2.67. The van der Waals surface area contributed by atoms with E-state index >= 15 is 0 Å². The number of furan rings is 1. The van der Waals surface area contributed by atoms with E-state index < -0.39 is 17.4 Å². The van der Waals surface area contributed by atoms with Crippen molar-refractivity contribution in [1.82, 2.24) is 10.5 Å². The lowest BCUT2D eigenvalue weighted by Crippen LogP contribution is -2.43. The summed E-state index contributed by atoms with van der Waals surface area (Å²) < 4.78 is 16.4. The van der Waals surface area contributed by atoms with E-state index in [9.17, 15) is 9.59 Å². The first-order valence-corrected chi connectivity index (χ1v) is 8.49. The highest BCUT2D eigenvalue weighted by molar-refractivity contribution is 6.02. The summed E-state index contributed by atoms with van der Waals surface area (Å²) in [5.41, 5.74) is -0.776. The van der Waals surface area contributed by atoms with E-state index in [0.29, 0.717) is 23.9 Å². The summed E-state index contributed by atoms with van der Waals surface area (Å²) in [5.74, 6) is 0.219. The van der Waals surface area contributed by atoms with E-state index in [1.54, 1.807) is 36.3 Å². The number of nitrogens with zero attached hydrogens (tertiary/aromatic N) is 2. The van der Waals surface area contributed by atoms with Crippen molar-refractivity contribution in [2.45, 2.75) is 25.2 Å². The predicted molar refractivity (Wildman–Crippen MR) is 87.9 cm³/mol. The van der Waals surface area contributed by atoms with Crippen LogP contribution in [0.25, 0.3) is 0 Å². The summed E-state index contributed by atoms with van der Waals surface area (Å²) in [6, 6.07) is 5.25. The molecule has 2 aromatic rings. The van der Waals surface area contributed by atoms with Crippen LogP contribution in [-0.2, 0) is 20.9 Å². The van der Waals surface area contributed by atoms with Gasteiger partial charge in [0.25, 0.3) is 0 Å². The third kappa shape index (κ3) is 2.08. The number of aryl methyl sites for hydroxylation is 1. The highest BCUT2D eigenvalue weighted by Crippen LogP contribution is 2.52. The highest BCUT2D eigenvalue weighted by atomic mass is 16.5. The third-order valence-electron chi connectivity index (χ3n) is 5.31. The van der Waals surface area contributed by atoms with Gasteiger partial charge < -0.3 is 19.0 Å². The largest absolute Gasteiger partial charge is 0.467 e. The number of aromatic nitrogens is 1. The second-order valence-electron chi connectivity index (χ2n) is 6.92. The molecule has 0 radical (unpaired) electrons. The number of hydrogen-bond donors (Lipinski definition) is 1. The van der Waals surface area contributed by atoms with Gasteiger partial charge >= 0.3 is 0 Å². The molecule has 3 aliphatic rings. The van der Waals surface area contributed by atoms with Gasteiger partial charge in [-0.15, -0.1) is 0 Å². The predicted octanol–water partition coefficient (Wildman–Crippen LogP) is 1.18. The first-order valence-electron chi connectivity index (χ1n) is 8.49. The Kier molecular flexibility index (Phi) is 3.14. The monoisotopic (exact) mass is 355 g/mol. The Balaban J connectivity index is 1.40. The van der Waals surface area contributed by atoms with Crippen LogP contribution >= 0.6 is 0 Å². The standard InChI is InChI=1S/C18H17N3O5/c1-10-7-13(20-26-10)21-9-18-5-4-12(25-18)14(15(18)17(21)23)16(22)19-8-11-3-2-6-24-11/h2-7,12,14-15H,8-9H2,1H3,(H,19,22)/t12-,14-,15-,18-/m1/s1. The molecule has 1 N–H and O–H groups in total. The Labute approximate surface area is 148 Å². The molecule has 3 aliphatic heterocycles. The number of ether oxygens (including phenoxy) is 1. The minimum atomic E-state index is -0.776. The molecule has 26 heavy (non-hydrogen) atoms. The lowest BCUT2D eigenvalue weighted by atomic mass is 9.77. The molecule has 2 fully saturated rings. The fourth-order valence-corrected chi connectivity index (χ4v) is 4.18. The Hall–Kier alpha value is -2.87. The van der Waals surface area contributed by atoms with Gasteiger partial charge in [-0.1, -0.05) is 17.3 Å². The third-order valence-corrected chi connectivity index (χ3v) is 5.31. The molecule has 8 heteroatoms. The molecule has 4 atom stereocenters. The quantitative estimate of drug-likeness (QED) is 0.827. The lowest BCUT2D eigenvalue weighted by molar-refractivity contribution is -0.132. The molecular formula is C18H17N3O5. The van der Waals surface area contributed by atoms with Crippen molar-refractivity contribution in [2.75, 3.05) is 11.4 Å². The Morgan fingerprint density at radius 1 is 1.50 bits per heavy atom. The molecule has 134 valence electrons. The minimum Gasteiger partial charge on any atom is -0.467 e. The van der Waals surface area contributed by atoms with Crippen molar-refractivity contribution in [3.8, 4) is 0 Å². The number of rotatable bonds is 4. The Morgan fingerprint density at radius 2 is 2.38 bits per heavy atom. The average Bonchev–Trinajstić information content (AvgIpc) is 3.41. The van der Waals surface area contributed by atoms with Crippen LogP contribution in [0.4, 0.5) is 5.82 Å². The average molecular weight is 355 g/mol. The van der Waals surface area contributed by atoms with Crippen LogP contribution in [0.15, 0.2) is 45.6 Å². The number of hydrogen-bond acceptors (Lipinski definition) is 6.